The van der Waals surface area contributed by atoms with Crippen LogP contribution in [0.25, 0.3) is 0 Å². The van der Waals surface area contributed by atoms with Crippen LogP contribution in [0.1, 0.15) is 33.6 Å². The lowest BCUT2D eigenvalue weighted by Crippen LogP contribution is -2.58. The first-order valence-electron chi connectivity index (χ1n) is 9.15. The van der Waals surface area contributed by atoms with Crippen LogP contribution in [-0.2, 0) is 9.47 Å². The molecule has 2 aliphatic rings. The van der Waals surface area contributed by atoms with Crippen molar-refractivity contribution >= 4 is 17.6 Å². The fourth-order valence-corrected chi connectivity index (χ4v) is 3.53. The van der Waals surface area contributed by atoms with Gasteiger partial charge in [0.2, 0.25) is 5.82 Å². The van der Waals surface area contributed by atoms with Crippen molar-refractivity contribution < 1.29 is 19.2 Å². The molecular formula is C18H26N4O5. The molecule has 0 bridgehead atoms. The third kappa shape index (κ3) is 4.47. The summed E-state index contributed by atoms with van der Waals surface area (Å²) < 4.78 is 11.5. The van der Waals surface area contributed by atoms with Crippen LogP contribution in [0.5, 0.6) is 0 Å². The second kappa shape index (κ2) is 7.30. The number of amides is 1. The lowest BCUT2D eigenvalue weighted by atomic mass is 9.89. The number of hydrogen-bond donors (Lipinski definition) is 0. The van der Waals surface area contributed by atoms with Gasteiger partial charge in [-0.2, -0.15) is 0 Å². The lowest BCUT2D eigenvalue weighted by molar-refractivity contribution is -0.384. The van der Waals surface area contributed by atoms with Gasteiger partial charge in [-0.25, -0.2) is 9.78 Å². The highest BCUT2D eigenvalue weighted by atomic mass is 16.6. The fourth-order valence-electron chi connectivity index (χ4n) is 3.53. The summed E-state index contributed by atoms with van der Waals surface area (Å²) in [6.45, 7) is 8.15. The van der Waals surface area contributed by atoms with Gasteiger partial charge >= 0.3 is 11.8 Å². The summed E-state index contributed by atoms with van der Waals surface area (Å²) in [5, 5.41) is 11.3. The molecule has 1 spiro atoms. The highest BCUT2D eigenvalue weighted by Crippen LogP contribution is 2.34. The van der Waals surface area contributed by atoms with Gasteiger partial charge in [0.25, 0.3) is 0 Å². The minimum Gasteiger partial charge on any atom is -0.444 e. The van der Waals surface area contributed by atoms with Gasteiger partial charge in [0.15, 0.2) is 0 Å². The third-order valence-electron chi connectivity index (χ3n) is 4.84. The van der Waals surface area contributed by atoms with E-state index in [4.69, 9.17) is 9.47 Å². The van der Waals surface area contributed by atoms with Crippen molar-refractivity contribution in [1.29, 1.82) is 0 Å². The van der Waals surface area contributed by atoms with Crippen molar-refractivity contribution in [3.05, 3.63) is 28.4 Å². The number of nitrogens with zero attached hydrogens (tertiary/aromatic N) is 4. The normalized spacial score (nSPS) is 19.8. The fraction of sp³-hybridized carbons (Fsp3) is 0.667. The first-order chi connectivity index (χ1) is 12.7. The summed E-state index contributed by atoms with van der Waals surface area (Å²) in [6.07, 6.45) is 2.56. The van der Waals surface area contributed by atoms with E-state index in [-0.39, 0.29) is 11.8 Å². The van der Waals surface area contributed by atoms with Gasteiger partial charge < -0.3 is 19.3 Å². The molecule has 148 valence electrons. The second-order valence-electron chi connectivity index (χ2n) is 8.02. The zero-order valence-corrected chi connectivity index (χ0v) is 16.0. The van der Waals surface area contributed by atoms with Crippen molar-refractivity contribution in [2.75, 3.05) is 37.7 Å². The standard InChI is InChI=1S/C18H26N4O5/c1-17(2,3)27-16(23)20-9-6-18(7-10-20)13-21(11-12-26-18)15-14(22(24)25)5-4-8-19-15/h4-5,8H,6-7,9-13H2,1-3H3. The molecule has 1 aromatic heterocycles. The number of likely N-dealkylation sites (tertiary alicyclic amines) is 1. The number of hydrogen-bond acceptors (Lipinski definition) is 7. The Bertz CT molecular complexity index is 710. The molecule has 1 amide bonds. The Balaban J connectivity index is 1.67. The molecule has 3 rings (SSSR count). The maximum absolute atomic E-state index is 12.3. The zero-order chi connectivity index (χ0) is 19.7. The molecule has 9 nitrogen and oxygen atoms in total. The highest BCUT2D eigenvalue weighted by Gasteiger charge is 2.42. The monoisotopic (exact) mass is 378 g/mol. The molecule has 3 heterocycles. The van der Waals surface area contributed by atoms with E-state index in [0.717, 1.165) is 0 Å². The molecule has 2 aliphatic heterocycles. The molecule has 0 aromatic carbocycles. The van der Waals surface area contributed by atoms with Crippen LogP contribution in [-0.4, -0.2) is 64.9 Å². The van der Waals surface area contributed by atoms with E-state index in [9.17, 15) is 14.9 Å². The summed E-state index contributed by atoms with van der Waals surface area (Å²) >= 11 is 0. The highest BCUT2D eigenvalue weighted by molar-refractivity contribution is 5.68. The number of rotatable bonds is 2. The summed E-state index contributed by atoms with van der Waals surface area (Å²) in [5.74, 6) is 0.375. The van der Waals surface area contributed by atoms with Gasteiger partial charge in [-0.1, -0.05) is 0 Å². The molecule has 27 heavy (non-hydrogen) atoms. The molecule has 0 aliphatic carbocycles. The zero-order valence-electron chi connectivity index (χ0n) is 16.0. The largest absolute Gasteiger partial charge is 0.444 e. The van der Waals surface area contributed by atoms with Crippen molar-refractivity contribution in [3.8, 4) is 0 Å². The van der Waals surface area contributed by atoms with Crippen LogP contribution < -0.4 is 4.90 Å². The van der Waals surface area contributed by atoms with Crippen molar-refractivity contribution in [3.63, 3.8) is 0 Å². The van der Waals surface area contributed by atoms with E-state index in [1.807, 2.05) is 25.7 Å². The van der Waals surface area contributed by atoms with Gasteiger partial charge in [-0.15, -0.1) is 0 Å². The first kappa shape index (κ1) is 19.3. The number of ether oxygens (including phenoxy) is 2. The Hall–Kier alpha value is -2.42. The number of piperidine rings is 1. The van der Waals surface area contributed by atoms with Crippen LogP contribution in [0.2, 0.25) is 0 Å². The Labute approximate surface area is 158 Å². The van der Waals surface area contributed by atoms with Crippen LogP contribution in [0.15, 0.2) is 18.3 Å². The molecular weight excluding hydrogens is 352 g/mol. The van der Waals surface area contributed by atoms with Gasteiger partial charge in [-0.05, 0) is 39.7 Å². The average Bonchev–Trinajstić information content (AvgIpc) is 2.61. The number of morpholine rings is 1. The van der Waals surface area contributed by atoms with Gasteiger partial charge in [0.05, 0.1) is 17.1 Å². The van der Waals surface area contributed by atoms with E-state index in [2.05, 4.69) is 4.98 Å². The van der Waals surface area contributed by atoms with E-state index >= 15 is 0 Å². The molecule has 0 atom stereocenters. The van der Waals surface area contributed by atoms with Gasteiger partial charge in [0.1, 0.15) is 5.60 Å². The Kier molecular flexibility index (Phi) is 5.23. The quantitative estimate of drug-likeness (QED) is 0.576. The van der Waals surface area contributed by atoms with Gasteiger partial charge in [0, 0.05) is 38.4 Å². The first-order valence-corrected chi connectivity index (χ1v) is 9.15. The molecule has 0 radical (unpaired) electrons. The molecule has 9 heteroatoms. The minimum absolute atomic E-state index is 0.000686. The number of nitro groups is 1. The Morgan fingerprint density at radius 3 is 2.67 bits per heavy atom. The number of anilines is 1. The molecule has 0 unspecified atom stereocenters. The molecule has 2 fully saturated rings. The molecule has 1 aromatic rings. The summed E-state index contributed by atoms with van der Waals surface area (Å²) in [4.78, 5) is 31.0. The summed E-state index contributed by atoms with van der Waals surface area (Å²) in [7, 11) is 0. The predicted molar refractivity (Wildman–Crippen MR) is 98.8 cm³/mol. The number of aromatic nitrogens is 1. The van der Waals surface area contributed by atoms with Crippen LogP contribution >= 0.6 is 0 Å². The minimum atomic E-state index is -0.526. The van der Waals surface area contributed by atoms with Crippen LogP contribution in [0.3, 0.4) is 0 Å². The summed E-state index contributed by atoms with van der Waals surface area (Å²) in [5.41, 5.74) is -0.953. The second-order valence-corrected chi connectivity index (χ2v) is 8.02. The number of carbonyl (C=O) groups is 1. The predicted octanol–water partition coefficient (Wildman–Crippen LogP) is 2.60. The molecule has 0 N–H and O–H groups in total. The average molecular weight is 378 g/mol. The van der Waals surface area contributed by atoms with Crippen molar-refractivity contribution in [1.82, 2.24) is 9.88 Å². The third-order valence-corrected chi connectivity index (χ3v) is 4.84. The van der Waals surface area contributed by atoms with E-state index in [1.165, 1.54) is 6.07 Å². The Morgan fingerprint density at radius 1 is 1.33 bits per heavy atom. The smallest absolute Gasteiger partial charge is 0.410 e. The van der Waals surface area contributed by atoms with Crippen molar-refractivity contribution in [2.45, 2.75) is 44.8 Å². The maximum atomic E-state index is 12.3. The molecule has 2 saturated heterocycles. The Morgan fingerprint density at radius 2 is 2.04 bits per heavy atom. The topological polar surface area (TPSA) is 98.0 Å². The van der Waals surface area contributed by atoms with E-state index < -0.39 is 16.1 Å². The maximum Gasteiger partial charge on any atom is 0.410 e. The SMILES string of the molecule is CC(C)(C)OC(=O)N1CCC2(CC1)CN(c1ncccc1[N+](=O)[O-])CCO2. The number of carbonyl (C=O) groups excluding carboxylic acids is 1. The van der Waals surface area contributed by atoms with Gasteiger partial charge in [-0.3, -0.25) is 10.1 Å². The van der Waals surface area contributed by atoms with Crippen molar-refractivity contribution in [2.24, 2.45) is 0 Å². The molecule has 0 saturated carbocycles. The van der Waals surface area contributed by atoms with Crippen LogP contribution in [0, 0.1) is 10.1 Å². The van der Waals surface area contributed by atoms with Crippen LogP contribution in [0.4, 0.5) is 16.3 Å². The number of pyridine rings is 1. The summed E-state index contributed by atoms with van der Waals surface area (Å²) in [6, 6.07) is 3.03. The van der Waals surface area contributed by atoms with E-state index in [0.29, 0.717) is 51.4 Å². The lowest BCUT2D eigenvalue weighted by Gasteiger charge is -2.47. The van der Waals surface area contributed by atoms with E-state index in [1.54, 1.807) is 17.2 Å².